The van der Waals surface area contributed by atoms with Crippen molar-refractivity contribution in [3.63, 3.8) is 0 Å². The Kier molecular flexibility index (Phi) is 6.00. The van der Waals surface area contributed by atoms with Crippen LogP contribution in [0.25, 0.3) is 11.8 Å². The molecule has 1 aliphatic rings. The van der Waals surface area contributed by atoms with Gasteiger partial charge in [0.1, 0.15) is 11.6 Å². The van der Waals surface area contributed by atoms with Crippen LogP contribution in [0, 0.1) is 12.7 Å². The Labute approximate surface area is 177 Å². The Hall–Kier alpha value is -2.92. The van der Waals surface area contributed by atoms with Gasteiger partial charge in [-0.15, -0.1) is 0 Å². The van der Waals surface area contributed by atoms with Gasteiger partial charge in [0.05, 0.1) is 24.8 Å². The average molecular weight is 406 g/mol. The van der Waals surface area contributed by atoms with Gasteiger partial charge in [0.15, 0.2) is 0 Å². The second-order valence-electron chi connectivity index (χ2n) is 7.96. The molecule has 1 aromatic heterocycles. The van der Waals surface area contributed by atoms with Gasteiger partial charge < -0.3 is 9.30 Å². The highest BCUT2D eigenvalue weighted by Crippen LogP contribution is 2.29. The first-order valence-electron chi connectivity index (χ1n) is 10.4. The summed E-state index contributed by atoms with van der Waals surface area (Å²) in [6.07, 6.45) is 8.29. The van der Waals surface area contributed by atoms with Crippen molar-refractivity contribution in [2.75, 3.05) is 20.2 Å². The van der Waals surface area contributed by atoms with Crippen molar-refractivity contribution in [3.05, 3.63) is 83.2 Å². The molecule has 30 heavy (non-hydrogen) atoms. The first-order chi connectivity index (χ1) is 14.5. The van der Waals surface area contributed by atoms with Gasteiger partial charge >= 0.3 is 0 Å². The fourth-order valence-electron chi connectivity index (χ4n) is 4.11. The highest BCUT2D eigenvalue weighted by molar-refractivity contribution is 5.60. The van der Waals surface area contributed by atoms with Crippen LogP contribution in [0.4, 0.5) is 4.39 Å². The van der Waals surface area contributed by atoms with E-state index in [0.717, 1.165) is 54.2 Å². The van der Waals surface area contributed by atoms with Crippen molar-refractivity contribution in [3.8, 4) is 11.4 Å². The normalized spacial score (nSPS) is 17.3. The number of aryl methyl sites for hydroxylation is 1. The smallest absolute Gasteiger partial charge is 0.143 e. The largest absolute Gasteiger partial charge is 0.495 e. The van der Waals surface area contributed by atoms with Crippen molar-refractivity contribution >= 4 is 6.08 Å². The molecule has 0 radical (unpaired) electrons. The third-order valence-corrected chi connectivity index (χ3v) is 5.81. The second kappa shape index (κ2) is 8.84. The number of aromatic nitrogens is 2. The van der Waals surface area contributed by atoms with Crippen molar-refractivity contribution in [2.24, 2.45) is 0 Å². The molecule has 0 N–H and O–H groups in total. The SMILES string of the molecule is COc1cc(C=C2CCCN([C@@H](C)c3ccc(F)cc3)C2)ccc1-n1cnc(C)c1. The van der Waals surface area contributed by atoms with Crippen molar-refractivity contribution in [1.29, 1.82) is 0 Å². The maximum absolute atomic E-state index is 13.3. The number of hydrogen-bond acceptors (Lipinski definition) is 3. The maximum atomic E-state index is 13.3. The van der Waals surface area contributed by atoms with Crippen LogP contribution >= 0.6 is 0 Å². The summed E-state index contributed by atoms with van der Waals surface area (Å²) in [7, 11) is 1.70. The number of hydrogen-bond donors (Lipinski definition) is 0. The zero-order chi connectivity index (χ0) is 21.1. The summed E-state index contributed by atoms with van der Waals surface area (Å²) in [5.74, 6) is 0.641. The molecule has 0 saturated carbocycles. The lowest BCUT2D eigenvalue weighted by Crippen LogP contribution is -2.33. The van der Waals surface area contributed by atoms with Gasteiger partial charge in [-0.3, -0.25) is 4.90 Å². The minimum Gasteiger partial charge on any atom is -0.495 e. The molecule has 156 valence electrons. The molecule has 3 aromatic rings. The molecule has 5 heteroatoms. The Morgan fingerprint density at radius 1 is 1.17 bits per heavy atom. The second-order valence-corrected chi connectivity index (χ2v) is 7.96. The van der Waals surface area contributed by atoms with E-state index in [4.69, 9.17) is 4.74 Å². The lowest BCUT2D eigenvalue weighted by Gasteiger charge is -2.34. The van der Waals surface area contributed by atoms with Gasteiger partial charge in [-0.05, 0) is 68.6 Å². The number of ether oxygens (including phenoxy) is 1. The molecule has 1 saturated heterocycles. The first kappa shape index (κ1) is 20.4. The molecular weight excluding hydrogens is 377 g/mol. The number of likely N-dealkylation sites (tertiary alicyclic amines) is 1. The quantitative estimate of drug-likeness (QED) is 0.556. The summed E-state index contributed by atoms with van der Waals surface area (Å²) in [6.45, 7) is 6.14. The maximum Gasteiger partial charge on any atom is 0.143 e. The van der Waals surface area contributed by atoms with E-state index < -0.39 is 0 Å². The number of methoxy groups -OCH3 is 1. The zero-order valence-corrected chi connectivity index (χ0v) is 17.8. The van der Waals surface area contributed by atoms with Crippen LogP contribution in [0.5, 0.6) is 5.75 Å². The van der Waals surface area contributed by atoms with Crippen LogP contribution in [0.2, 0.25) is 0 Å². The number of benzene rings is 2. The molecular formula is C25H28FN3O. The van der Waals surface area contributed by atoms with E-state index in [1.165, 1.54) is 5.57 Å². The van der Waals surface area contributed by atoms with E-state index in [2.05, 4.69) is 41.1 Å². The predicted molar refractivity (Wildman–Crippen MR) is 118 cm³/mol. The summed E-state index contributed by atoms with van der Waals surface area (Å²) in [4.78, 5) is 6.77. The summed E-state index contributed by atoms with van der Waals surface area (Å²) in [5, 5.41) is 0. The van der Waals surface area contributed by atoms with E-state index in [1.54, 1.807) is 25.6 Å². The molecule has 0 bridgehead atoms. The predicted octanol–water partition coefficient (Wildman–Crippen LogP) is 5.57. The molecule has 4 rings (SSSR count). The molecule has 0 amide bonds. The first-order valence-corrected chi connectivity index (χ1v) is 10.4. The van der Waals surface area contributed by atoms with Crippen LogP contribution < -0.4 is 4.74 Å². The minimum atomic E-state index is -0.187. The zero-order valence-electron chi connectivity index (χ0n) is 17.8. The number of halogens is 1. The Balaban J connectivity index is 1.53. The fraction of sp³-hybridized carbons (Fsp3) is 0.320. The Bertz CT molecular complexity index is 1040. The molecule has 2 heterocycles. The van der Waals surface area contributed by atoms with Crippen LogP contribution in [-0.4, -0.2) is 34.7 Å². The molecule has 1 aliphatic heterocycles. The van der Waals surface area contributed by atoms with E-state index in [0.29, 0.717) is 0 Å². The highest BCUT2D eigenvalue weighted by Gasteiger charge is 2.21. The summed E-state index contributed by atoms with van der Waals surface area (Å²) in [6, 6.07) is 13.4. The van der Waals surface area contributed by atoms with Gasteiger partial charge in [0, 0.05) is 18.8 Å². The van der Waals surface area contributed by atoms with E-state index in [9.17, 15) is 4.39 Å². The molecule has 0 spiro atoms. The van der Waals surface area contributed by atoms with Crippen LogP contribution in [-0.2, 0) is 0 Å². The minimum absolute atomic E-state index is 0.187. The lowest BCUT2D eigenvalue weighted by molar-refractivity contribution is 0.206. The van der Waals surface area contributed by atoms with Crippen molar-refractivity contribution in [2.45, 2.75) is 32.7 Å². The van der Waals surface area contributed by atoms with Crippen molar-refractivity contribution in [1.82, 2.24) is 14.5 Å². The Morgan fingerprint density at radius 3 is 2.67 bits per heavy atom. The number of piperidine rings is 1. The van der Waals surface area contributed by atoms with Gasteiger partial charge in [0.25, 0.3) is 0 Å². The summed E-state index contributed by atoms with van der Waals surface area (Å²) >= 11 is 0. The third-order valence-electron chi connectivity index (χ3n) is 5.81. The van der Waals surface area contributed by atoms with Crippen LogP contribution in [0.3, 0.4) is 0 Å². The molecule has 0 unspecified atom stereocenters. The van der Waals surface area contributed by atoms with Gasteiger partial charge in [-0.25, -0.2) is 9.37 Å². The summed E-state index contributed by atoms with van der Waals surface area (Å²) < 4.78 is 20.9. The molecule has 0 aliphatic carbocycles. The van der Waals surface area contributed by atoms with Crippen LogP contribution in [0.1, 0.15) is 42.6 Å². The van der Waals surface area contributed by atoms with Gasteiger partial charge in [0.2, 0.25) is 0 Å². The molecule has 1 fully saturated rings. The number of nitrogens with zero attached hydrogens (tertiary/aromatic N) is 3. The topological polar surface area (TPSA) is 30.3 Å². The van der Waals surface area contributed by atoms with Gasteiger partial charge in [-0.2, -0.15) is 0 Å². The lowest BCUT2D eigenvalue weighted by atomic mass is 9.98. The van der Waals surface area contributed by atoms with E-state index in [1.807, 2.05) is 29.8 Å². The third kappa shape index (κ3) is 4.46. The Morgan fingerprint density at radius 2 is 1.97 bits per heavy atom. The number of imidazole rings is 1. The monoisotopic (exact) mass is 405 g/mol. The standard InChI is InChI=1S/C25H28FN3O/c1-18-15-29(17-27-18)24-11-6-20(14-25(24)30-3)13-21-5-4-12-28(16-21)19(2)22-7-9-23(26)10-8-22/h6-11,13-15,17,19H,4-5,12,16H2,1-3H3/t19-/m0/s1. The fourth-order valence-corrected chi connectivity index (χ4v) is 4.11. The van der Waals surface area contributed by atoms with Crippen molar-refractivity contribution < 1.29 is 9.13 Å². The average Bonchev–Trinajstić information content (AvgIpc) is 3.20. The number of rotatable bonds is 5. The highest BCUT2D eigenvalue weighted by atomic mass is 19.1. The van der Waals surface area contributed by atoms with Gasteiger partial charge in [-0.1, -0.05) is 29.8 Å². The van der Waals surface area contributed by atoms with E-state index >= 15 is 0 Å². The molecule has 4 nitrogen and oxygen atoms in total. The van der Waals surface area contributed by atoms with Crippen LogP contribution in [0.15, 0.2) is 60.6 Å². The van der Waals surface area contributed by atoms with E-state index in [-0.39, 0.29) is 11.9 Å². The molecule has 2 aromatic carbocycles. The molecule has 1 atom stereocenters. The summed E-state index contributed by atoms with van der Waals surface area (Å²) in [5.41, 5.74) is 5.65.